The van der Waals surface area contributed by atoms with E-state index in [9.17, 15) is 63.3 Å². The Labute approximate surface area is 346 Å². The van der Waals surface area contributed by atoms with Crippen LogP contribution in [-0.2, 0) is 47.9 Å². The number of rotatable bonds is 23. The van der Waals surface area contributed by atoms with Crippen LogP contribution < -0.4 is 43.4 Å². The van der Waals surface area contributed by atoms with Crippen molar-refractivity contribution in [2.45, 2.75) is 140 Å². The number of hydrogen-bond acceptors (Lipinski definition) is 14. The van der Waals surface area contributed by atoms with Crippen molar-refractivity contribution in [3.8, 4) is 0 Å². The van der Waals surface area contributed by atoms with Crippen molar-refractivity contribution in [1.29, 1.82) is 0 Å². The van der Waals surface area contributed by atoms with Gasteiger partial charge in [-0.1, -0.05) is 0 Å². The van der Waals surface area contributed by atoms with Gasteiger partial charge in [0.1, 0.15) is 48.3 Å². The molecule has 338 valence electrons. The summed E-state index contributed by atoms with van der Waals surface area (Å²) in [6.07, 6.45) is -1.38. The average molecular weight is 857 g/mol. The highest BCUT2D eigenvalue weighted by atomic mass is 16.4. The molecule has 24 nitrogen and oxygen atoms in total. The molecule has 0 aromatic carbocycles. The lowest BCUT2D eigenvalue weighted by Crippen LogP contribution is -2.63. The Balaban J connectivity index is 2.21. The van der Waals surface area contributed by atoms with Crippen molar-refractivity contribution in [3.63, 3.8) is 0 Å². The first kappa shape index (κ1) is 50.7. The summed E-state index contributed by atoms with van der Waals surface area (Å²) < 4.78 is 0. The first-order chi connectivity index (χ1) is 28.1. The fraction of sp³-hybridized carbons (Fsp3) is 0.722. The van der Waals surface area contributed by atoms with Crippen LogP contribution in [0.4, 0.5) is 0 Å². The molecule has 0 saturated carbocycles. The molecule has 10 atom stereocenters. The third-order valence-corrected chi connectivity index (χ3v) is 9.99. The maximum Gasteiger partial charge on any atom is 0.325 e. The summed E-state index contributed by atoms with van der Waals surface area (Å²) in [6.45, 7) is 4.30. The van der Waals surface area contributed by atoms with Crippen LogP contribution in [0.5, 0.6) is 0 Å². The van der Waals surface area contributed by atoms with E-state index in [1.165, 1.54) is 16.7 Å². The first-order valence-electron chi connectivity index (χ1n) is 19.7. The highest BCUT2D eigenvalue weighted by Gasteiger charge is 2.44. The molecule has 0 aromatic heterocycles. The van der Waals surface area contributed by atoms with Crippen molar-refractivity contribution >= 4 is 59.1 Å². The fourth-order valence-corrected chi connectivity index (χ4v) is 6.79. The van der Waals surface area contributed by atoms with Gasteiger partial charge in [0.15, 0.2) is 0 Å². The highest BCUT2D eigenvalue weighted by Crippen LogP contribution is 2.26. The Morgan fingerprint density at radius 1 is 0.683 bits per heavy atom. The van der Waals surface area contributed by atoms with Crippen molar-refractivity contribution in [2.75, 3.05) is 26.2 Å². The second-order valence-electron chi connectivity index (χ2n) is 14.9. The number of unbranched alkanes of at least 4 members (excludes halogenated alkanes) is 1. The van der Waals surface area contributed by atoms with Gasteiger partial charge in [0.2, 0.25) is 53.2 Å². The van der Waals surface area contributed by atoms with Crippen molar-refractivity contribution in [3.05, 3.63) is 0 Å². The van der Waals surface area contributed by atoms with Gasteiger partial charge in [-0.05, 0) is 72.3 Å². The number of hydrogen-bond donors (Lipinski definition) is 12. The van der Waals surface area contributed by atoms with Gasteiger partial charge in [-0.25, -0.2) is 0 Å². The number of aliphatic hydroxyl groups is 3. The predicted molar refractivity (Wildman–Crippen MR) is 207 cm³/mol. The minimum absolute atomic E-state index is 0.126. The Morgan fingerprint density at radius 3 is 1.73 bits per heavy atom. The Hall–Kier alpha value is -5.46. The SMILES string of the molecule is CC(=O)N[C@@H](CCCCN)C(=O)N1CCC[C@H]1C(=O)N1CCC[C@H]1C(=O)N[C@@H](CC(N)=O)C(=O)N[C@H](C(=O)N[C@H](C(=O)N[C@@H](CO)C(=O)N[C@@H](C)C(=O)O)[C@@H](C)O)[C@@H](C)O. The predicted octanol–water partition coefficient (Wildman–Crippen LogP) is -6.24. The number of carboxylic acid groups (broad SMARTS) is 1. The summed E-state index contributed by atoms with van der Waals surface area (Å²) in [7, 11) is 0. The molecule has 0 aliphatic carbocycles. The summed E-state index contributed by atoms with van der Waals surface area (Å²) in [4.78, 5) is 131. The van der Waals surface area contributed by atoms with E-state index in [1.54, 1.807) is 0 Å². The molecule has 0 bridgehead atoms. The molecule has 9 amide bonds. The van der Waals surface area contributed by atoms with E-state index in [-0.39, 0.29) is 19.5 Å². The molecule has 0 spiro atoms. The molecule has 2 heterocycles. The molecule has 0 unspecified atom stereocenters. The van der Waals surface area contributed by atoms with Gasteiger partial charge in [0, 0.05) is 20.0 Å². The smallest absolute Gasteiger partial charge is 0.325 e. The molecular weight excluding hydrogens is 796 g/mol. The Bertz CT molecular complexity index is 1600. The molecule has 0 radical (unpaired) electrons. The van der Waals surface area contributed by atoms with Crippen LogP contribution in [0.25, 0.3) is 0 Å². The number of nitrogens with zero attached hydrogens (tertiary/aromatic N) is 2. The fourth-order valence-electron chi connectivity index (χ4n) is 6.79. The van der Waals surface area contributed by atoms with Crippen LogP contribution in [-0.4, -0.2) is 176 Å². The van der Waals surface area contributed by atoms with Crippen LogP contribution in [0.2, 0.25) is 0 Å². The molecule has 2 rings (SSSR count). The van der Waals surface area contributed by atoms with Gasteiger partial charge < -0.3 is 73.6 Å². The molecular formula is C36H60N10O14. The Morgan fingerprint density at radius 2 is 1.22 bits per heavy atom. The molecule has 2 saturated heterocycles. The van der Waals surface area contributed by atoms with E-state index >= 15 is 0 Å². The van der Waals surface area contributed by atoms with E-state index in [4.69, 9.17) is 16.6 Å². The van der Waals surface area contributed by atoms with E-state index in [2.05, 4.69) is 26.6 Å². The quantitative estimate of drug-likeness (QED) is 0.0426. The first-order valence-corrected chi connectivity index (χ1v) is 19.7. The number of carboxylic acids is 1. The summed E-state index contributed by atoms with van der Waals surface area (Å²) in [6, 6.07) is -11.6. The van der Waals surface area contributed by atoms with Gasteiger partial charge in [-0.3, -0.25) is 47.9 Å². The number of aliphatic carboxylic acids is 1. The van der Waals surface area contributed by atoms with E-state index in [0.29, 0.717) is 45.1 Å². The third-order valence-electron chi connectivity index (χ3n) is 9.99. The number of aliphatic hydroxyl groups excluding tert-OH is 3. The zero-order chi connectivity index (χ0) is 45.4. The van der Waals surface area contributed by atoms with E-state index in [0.717, 1.165) is 20.8 Å². The van der Waals surface area contributed by atoms with Crippen LogP contribution in [0.3, 0.4) is 0 Å². The number of nitrogens with one attached hydrogen (secondary N) is 6. The molecule has 2 aliphatic rings. The topological polar surface area (TPSA) is 382 Å². The summed E-state index contributed by atoms with van der Waals surface area (Å²) >= 11 is 0. The number of carbonyl (C=O) groups excluding carboxylic acids is 9. The highest BCUT2D eigenvalue weighted by molar-refractivity contribution is 5.99. The van der Waals surface area contributed by atoms with Gasteiger partial charge in [0.05, 0.1) is 25.2 Å². The normalized spacial score (nSPS) is 20.2. The largest absolute Gasteiger partial charge is 0.480 e. The number of primary amides is 1. The lowest BCUT2D eigenvalue weighted by atomic mass is 10.1. The second-order valence-corrected chi connectivity index (χ2v) is 14.9. The van der Waals surface area contributed by atoms with E-state index < -0.39 is 133 Å². The summed E-state index contributed by atoms with van der Waals surface area (Å²) in [5, 5.41) is 52.9. The third kappa shape index (κ3) is 14.7. The summed E-state index contributed by atoms with van der Waals surface area (Å²) in [5.74, 6) is -9.49. The average Bonchev–Trinajstić information content (AvgIpc) is 3.87. The molecule has 0 aromatic rings. The van der Waals surface area contributed by atoms with Crippen LogP contribution >= 0.6 is 0 Å². The number of carbonyl (C=O) groups is 10. The van der Waals surface area contributed by atoms with Crippen molar-refractivity contribution < 1.29 is 68.4 Å². The van der Waals surface area contributed by atoms with Gasteiger partial charge >= 0.3 is 5.97 Å². The van der Waals surface area contributed by atoms with Gasteiger partial charge in [-0.15, -0.1) is 0 Å². The molecule has 24 heteroatoms. The van der Waals surface area contributed by atoms with Crippen LogP contribution in [0.1, 0.15) is 79.1 Å². The van der Waals surface area contributed by atoms with Crippen LogP contribution in [0, 0.1) is 0 Å². The minimum atomic E-state index is -1.89. The second kappa shape index (κ2) is 24.0. The van der Waals surface area contributed by atoms with Gasteiger partial charge in [0.25, 0.3) is 0 Å². The number of nitrogens with two attached hydrogens (primary N) is 2. The molecule has 60 heavy (non-hydrogen) atoms. The minimum Gasteiger partial charge on any atom is -0.480 e. The lowest BCUT2D eigenvalue weighted by molar-refractivity contribution is -0.148. The van der Waals surface area contributed by atoms with E-state index in [1.807, 2.05) is 5.32 Å². The lowest BCUT2D eigenvalue weighted by Gasteiger charge is -2.33. The maximum atomic E-state index is 14.0. The zero-order valence-corrected chi connectivity index (χ0v) is 34.2. The molecule has 2 aliphatic heterocycles. The monoisotopic (exact) mass is 856 g/mol. The molecule has 14 N–H and O–H groups in total. The van der Waals surface area contributed by atoms with Crippen LogP contribution in [0.15, 0.2) is 0 Å². The van der Waals surface area contributed by atoms with Gasteiger partial charge in [-0.2, -0.15) is 0 Å². The number of likely N-dealkylation sites (tertiary alicyclic amines) is 2. The number of amides is 9. The zero-order valence-electron chi connectivity index (χ0n) is 34.2. The molecule has 2 fully saturated rings. The summed E-state index contributed by atoms with van der Waals surface area (Å²) in [5.41, 5.74) is 11.0. The van der Waals surface area contributed by atoms with Crippen molar-refractivity contribution in [1.82, 2.24) is 41.7 Å². The standard InChI is InChI=1S/C36H60N10O14/c1-17(36(59)60)39-30(53)23(16-47)42-32(55)27(18(2)48)44-33(56)28(19(3)49)43-29(52)22(15-26(38)51)41-31(54)24-10-7-13-45(24)35(58)25-11-8-14-46(25)34(57)21(40-20(4)50)9-5-6-12-37/h17-19,21-25,27-28,47-49H,5-16,37H2,1-4H3,(H2,38,51)(H,39,53)(H,40,50)(H,41,54)(H,42,55)(H,43,52)(H,44,56)(H,59,60)/t17-,18+,19+,21-,22-,23-,24-,25-,27-,28-/m0/s1. The maximum absolute atomic E-state index is 14.0. The Kier molecular flexibility index (Phi) is 20.2. The van der Waals surface area contributed by atoms with Crippen molar-refractivity contribution in [2.24, 2.45) is 11.5 Å².